The number of hydrogen-bond donors (Lipinski definition) is 2. The zero-order valence-electron chi connectivity index (χ0n) is 31.8. The molecule has 50 heavy (non-hydrogen) atoms. The normalized spacial score (nSPS) is 11.3. The van der Waals surface area contributed by atoms with Gasteiger partial charge < -0.3 is 11.5 Å². The Balaban J connectivity index is 0.961. The van der Waals surface area contributed by atoms with E-state index in [1.54, 1.807) is 0 Å². The Morgan fingerprint density at radius 1 is 0.320 bits per heavy atom. The summed E-state index contributed by atoms with van der Waals surface area (Å²) in [7, 11) is 0. The van der Waals surface area contributed by atoms with Crippen LogP contribution in [0.25, 0.3) is 0 Å². The smallest absolute Gasteiger partial charge is 0.0346 e. The van der Waals surface area contributed by atoms with Crippen LogP contribution in [0, 0.1) is 0 Å². The van der Waals surface area contributed by atoms with Crippen LogP contribution in [0.15, 0.2) is 84.9 Å². The van der Waals surface area contributed by atoms with Crippen molar-refractivity contribution in [3.63, 3.8) is 0 Å². The molecule has 0 spiro atoms. The lowest BCUT2D eigenvalue weighted by atomic mass is 9.97. The average Bonchev–Trinajstić information content (AvgIpc) is 3.13. The van der Waals surface area contributed by atoms with Crippen LogP contribution in [0.4, 0.5) is 11.4 Å². The van der Waals surface area contributed by atoms with Crippen molar-refractivity contribution < 1.29 is 0 Å². The van der Waals surface area contributed by atoms with E-state index in [9.17, 15) is 0 Å². The van der Waals surface area contributed by atoms with Gasteiger partial charge in [0.05, 0.1) is 0 Å². The SMILES string of the molecule is CCCCc1cc(Cc2ccc(CCCCCCCCCCCCCCc3ccc(Cc4ccc(N)c(CCCC)c4)cc3)cc2)ccc1N. The van der Waals surface area contributed by atoms with Crippen molar-refractivity contribution >= 4 is 11.4 Å². The van der Waals surface area contributed by atoms with E-state index in [4.69, 9.17) is 11.5 Å². The van der Waals surface area contributed by atoms with Gasteiger partial charge in [-0.3, -0.25) is 0 Å². The predicted octanol–water partition coefficient (Wildman–Crippen LogP) is 13.2. The second-order valence-electron chi connectivity index (χ2n) is 15.0. The molecule has 4 aromatic rings. The summed E-state index contributed by atoms with van der Waals surface area (Å²) in [5, 5.41) is 0. The van der Waals surface area contributed by atoms with E-state index >= 15 is 0 Å². The molecular weight excluding hydrogens is 605 g/mol. The molecule has 270 valence electrons. The number of benzene rings is 4. The molecule has 0 amide bonds. The lowest BCUT2D eigenvalue weighted by molar-refractivity contribution is 0.540. The first kappa shape index (κ1) is 39.3. The van der Waals surface area contributed by atoms with Crippen LogP contribution >= 0.6 is 0 Å². The Morgan fingerprint density at radius 3 is 0.960 bits per heavy atom. The minimum Gasteiger partial charge on any atom is -0.399 e. The maximum atomic E-state index is 6.21. The topological polar surface area (TPSA) is 52.0 Å². The van der Waals surface area contributed by atoms with E-state index in [-0.39, 0.29) is 0 Å². The number of anilines is 2. The molecule has 2 heteroatoms. The molecule has 0 aliphatic heterocycles. The molecule has 4 rings (SSSR count). The fraction of sp³-hybridized carbons (Fsp3) is 0.500. The van der Waals surface area contributed by atoms with Crippen LogP contribution in [0.1, 0.15) is 161 Å². The molecule has 4 N–H and O–H groups in total. The summed E-state index contributed by atoms with van der Waals surface area (Å²) >= 11 is 0. The molecule has 0 radical (unpaired) electrons. The van der Waals surface area contributed by atoms with Crippen molar-refractivity contribution in [1.82, 2.24) is 0 Å². The van der Waals surface area contributed by atoms with Crippen molar-refractivity contribution in [3.05, 3.63) is 129 Å². The second-order valence-corrected chi connectivity index (χ2v) is 15.0. The highest BCUT2D eigenvalue weighted by atomic mass is 14.6. The molecule has 0 bridgehead atoms. The van der Waals surface area contributed by atoms with Gasteiger partial charge in [-0.2, -0.15) is 0 Å². The summed E-state index contributed by atoms with van der Waals surface area (Å²) < 4.78 is 0. The number of unbranched alkanes of at least 4 members (excludes halogenated alkanes) is 13. The lowest BCUT2D eigenvalue weighted by Crippen LogP contribution is -1.97. The van der Waals surface area contributed by atoms with E-state index in [0.717, 1.165) is 37.1 Å². The van der Waals surface area contributed by atoms with Gasteiger partial charge in [0.25, 0.3) is 0 Å². The van der Waals surface area contributed by atoms with E-state index in [1.807, 2.05) is 0 Å². The Labute approximate surface area is 306 Å². The highest BCUT2D eigenvalue weighted by molar-refractivity contribution is 5.50. The van der Waals surface area contributed by atoms with Gasteiger partial charge in [0, 0.05) is 11.4 Å². The van der Waals surface area contributed by atoms with Crippen LogP contribution in [-0.2, 0) is 38.5 Å². The lowest BCUT2D eigenvalue weighted by Gasteiger charge is -2.09. The van der Waals surface area contributed by atoms with Gasteiger partial charge in [-0.1, -0.05) is 164 Å². The minimum atomic E-state index is 0.940. The Kier molecular flexibility index (Phi) is 18.1. The number of aryl methyl sites for hydroxylation is 4. The fourth-order valence-electron chi connectivity index (χ4n) is 7.25. The molecule has 0 aliphatic carbocycles. The third-order valence-electron chi connectivity index (χ3n) is 10.6. The maximum absolute atomic E-state index is 6.21. The number of rotatable bonds is 25. The highest BCUT2D eigenvalue weighted by Gasteiger charge is 2.05. The Bertz CT molecular complexity index is 1370. The first-order chi connectivity index (χ1) is 24.5. The standard InChI is InChI=1S/C48H68N2/c1-3-5-21-45-37-43(31-33-47(45)49)35-41-27-23-39(24-28-41)19-17-15-13-11-9-7-8-10-12-14-16-18-20-40-25-29-42(30-26-40)36-44-32-34-48(50)46(38-44)22-6-4-2/h23-34,37-38H,3-22,35-36,49-50H2,1-2H3. The monoisotopic (exact) mass is 673 g/mol. The number of hydrogen-bond acceptors (Lipinski definition) is 2. The summed E-state index contributed by atoms with van der Waals surface area (Å²) in [6, 6.07) is 31.8. The molecule has 0 atom stereocenters. The number of nitrogen functional groups attached to an aromatic ring is 2. The molecule has 0 saturated heterocycles. The van der Waals surface area contributed by atoms with Crippen molar-refractivity contribution in [2.75, 3.05) is 11.5 Å². The minimum absolute atomic E-state index is 0.940. The Morgan fingerprint density at radius 2 is 0.620 bits per heavy atom. The molecular formula is C48H68N2. The van der Waals surface area contributed by atoms with E-state index in [0.29, 0.717) is 0 Å². The third kappa shape index (κ3) is 14.8. The summed E-state index contributed by atoms with van der Waals surface area (Å²) in [6.07, 6.45) is 28.0. The van der Waals surface area contributed by atoms with Gasteiger partial charge in [-0.25, -0.2) is 0 Å². The first-order valence-corrected chi connectivity index (χ1v) is 20.4. The molecule has 2 nitrogen and oxygen atoms in total. The summed E-state index contributed by atoms with van der Waals surface area (Å²) in [5.41, 5.74) is 25.4. The van der Waals surface area contributed by atoms with Gasteiger partial charge in [-0.15, -0.1) is 0 Å². The zero-order chi connectivity index (χ0) is 35.2. The number of nitrogens with two attached hydrogens (primary N) is 2. The molecule has 0 fully saturated rings. The summed E-state index contributed by atoms with van der Waals surface area (Å²) in [5.74, 6) is 0. The van der Waals surface area contributed by atoms with E-state index in [1.165, 1.54) is 160 Å². The summed E-state index contributed by atoms with van der Waals surface area (Å²) in [6.45, 7) is 4.48. The highest BCUT2D eigenvalue weighted by Crippen LogP contribution is 2.22. The molecule has 4 aromatic carbocycles. The third-order valence-corrected chi connectivity index (χ3v) is 10.6. The molecule has 0 heterocycles. The van der Waals surface area contributed by atoms with Gasteiger partial charge in [0.1, 0.15) is 0 Å². The molecule has 0 saturated carbocycles. The fourth-order valence-corrected chi connectivity index (χ4v) is 7.25. The van der Waals surface area contributed by atoms with Crippen LogP contribution < -0.4 is 11.5 Å². The van der Waals surface area contributed by atoms with Gasteiger partial charge in [-0.05, 0) is 121 Å². The molecule has 0 unspecified atom stereocenters. The van der Waals surface area contributed by atoms with E-state index in [2.05, 4.69) is 98.8 Å². The van der Waals surface area contributed by atoms with Crippen molar-refractivity contribution in [2.24, 2.45) is 0 Å². The van der Waals surface area contributed by atoms with Crippen LogP contribution in [0.3, 0.4) is 0 Å². The summed E-state index contributed by atoms with van der Waals surface area (Å²) in [4.78, 5) is 0. The zero-order valence-corrected chi connectivity index (χ0v) is 31.8. The quantitative estimate of drug-likeness (QED) is 0.0544. The molecule has 0 aliphatic rings. The van der Waals surface area contributed by atoms with Crippen molar-refractivity contribution in [1.29, 1.82) is 0 Å². The average molecular weight is 673 g/mol. The van der Waals surface area contributed by atoms with Gasteiger partial charge in [0.2, 0.25) is 0 Å². The van der Waals surface area contributed by atoms with Crippen LogP contribution in [-0.4, -0.2) is 0 Å². The Hall–Kier alpha value is -3.52. The second kappa shape index (κ2) is 23.0. The van der Waals surface area contributed by atoms with Crippen LogP contribution in [0.2, 0.25) is 0 Å². The van der Waals surface area contributed by atoms with Gasteiger partial charge in [0.15, 0.2) is 0 Å². The molecule has 0 aromatic heterocycles. The first-order valence-electron chi connectivity index (χ1n) is 20.4. The van der Waals surface area contributed by atoms with E-state index < -0.39 is 0 Å². The largest absolute Gasteiger partial charge is 0.399 e. The van der Waals surface area contributed by atoms with Crippen molar-refractivity contribution in [3.8, 4) is 0 Å². The maximum Gasteiger partial charge on any atom is 0.0346 e. The van der Waals surface area contributed by atoms with Crippen LogP contribution in [0.5, 0.6) is 0 Å². The van der Waals surface area contributed by atoms with Gasteiger partial charge >= 0.3 is 0 Å². The predicted molar refractivity (Wildman–Crippen MR) is 220 cm³/mol. The van der Waals surface area contributed by atoms with Crippen molar-refractivity contribution in [2.45, 2.75) is 155 Å².